The van der Waals surface area contributed by atoms with Crippen molar-refractivity contribution in [2.45, 2.75) is 58.7 Å². The molecular formula is C15H25BN2O2. The van der Waals surface area contributed by atoms with Crippen molar-refractivity contribution >= 4 is 18.4 Å². The lowest BCUT2D eigenvalue weighted by Crippen LogP contribution is -2.41. The summed E-state index contributed by atoms with van der Waals surface area (Å²) < 4.78 is 12.0. The van der Waals surface area contributed by atoms with E-state index in [0.717, 1.165) is 24.2 Å². The zero-order chi connectivity index (χ0) is 14.8. The summed E-state index contributed by atoms with van der Waals surface area (Å²) in [7, 11) is -0.336. The molecule has 110 valence electrons. The second-order valence-electron chi connectivity index (χ2n) is 6.35. The molecule has 1 fully saturated rings. The Bertz CT molecular complexity index is 430. The van der Waals surface area contributed by atoms with Gasteiger partial charge in [-0.1, -0.05) is 19.4 Å². The Kier molecular flexibility index (Phi) is 4.40. The molecule has 1 aromatic heterocycles. The summed E-state index contributed by atoms with van der Waals surface area (Å²) in [6, 6.07) is 4.00. The molecule has 0 aromatic carbocycles. The van der Waals surface area contributed by atoms with Crippen molar-refractivity contribution in [1.29, 1.82) is 0 Å². The van der Waals surface area contributed by atoms with Gasteiger partial charge >= 0.3 is 7.12 Å². The van der Waals surface area contributed by atoms with E-state index in [1.165, 1.54) is 6.42 Å². The second kappa shape index (κ2) is 5.74. The number of hydrogen-bond donors (Lipinski definition) is 1. The Morgan fingerprint density at radius 2 is 1.80 bits per heavy atom. The number of hydrogen-bond acceptors (Lipinski definition) is 4. The van der Waals surface area contributed by atoms with Crippen LogP contribution in [0.5, 0.6) is 0 Å². The first-order valence-corrected chi connectivity index (χ1v) is 7.41. The molecule has 1 N–H and O–H groups in total. The van der Waals surface area contributed by atoms with Gasteiger partial charge in [-0.05, 0) is 40.2 Å². The van der Waals surface area contributed by atoms with E-state index in [1.54, 1.807) is 0 Å². The van der Waals surface area contributed by atoms with Crippen molar-refractivity contribution in [2.24, 2.45) is 0 Å². The van der Waals surface area contributed by atoms with E-state index in [2.05, 4.69) is 44.9 Å². The molecule has 1 aliphatic rings. The van der Waals surface area contributed by atoms with Crippen molar-refractivity contribution in [3.63, 3.8) is 0 Å². The van der Waals surface area contributed by atoms with Gasteiger partial charge in [0.15, 0.2) is 0 Å². The highest BCUT2D eigenvalue weighted by atomic mass is 16.7. The molecule has 2 heterocycles. The van der Waals surface area contributed by atoms with Gasteiger partial charge in [-0.25, -0.2) is 4.98 Å². The zero-order valence-corrected chi connectivity index (χ0v) is 13.2. The molecule has 1 aliphatic heterocycles. The molecule has 20 heavy (non-hydrogen) atoms. The lowest BCUT2D eigenvalue weighted by atomic mass is 9.80. The second-order valence-corrected chi connectivity index (χ2v) is 6.35. The monoisotopic (exact) mass is 276 g/mol. The lowest BCUT2D eigenvalue weighted by molar-refractivity contribution is 0.00578. The molecule has 0 radical (unpaired) electrons. The van der Waals surface area contributed by atoms with Gasteiger partial charge in [0.2, 0.25) is 0 Å². The van der Waals surface area contributed by atoms with Crippen molar-refractivity contribution in [2.75, 3.05) is 11.9 Å². The number of rotatable bonds is 5. The summed E-state index contributed by atoms with van der Waals surface area (Å²) in [4.78, 5) is 4.42. The molecule has 1 saturated heterocycles. The van der Waals surface area contributed by atoms with Crippen LogP contribution in [0, 0.1) is 0 Å². The van der Waals surface area contributed by atoms with E-state index < -0.39 is 0 Å². The minimum Gasteiger partial charge on any atom is -0.399 e. The molecule has 2 rings (SSSR count). The van der Waals surface area contributed by atoms with Gasteiger partial charge in [0.05, 0.1) is 11.2 Å². The summed E-state index contributed by atoms with van der Waals surface area (Å²) in [6.07, 6.45) is 4.16. The highest BCUT2D eigenvalue weighted by Gasteiger charge is 2.51. The summed E-state index contributed by atoms with van der Waals surface area (Å²) >= 11 is 0. The Morgan fingerprint density at radius 3 is 2.30 bits per heavy atom. The fourth-order valence-corrected chi connectivity index (χ4v) is 2.02. The first kappa shape index (κ1) is 15.3. The third-order valence-corrected chi connectivity index (χ3v) is 4.15. The molecule has 0 saturated carbocycles. The van der Waals surface area contributed by atoms with Crippen LogP contribution in [0.3, 0.4) is 0 Å². The van der Waals surface area contributed by atoms with E-state index >= 15 is 0 Å². The summed E-state index contributed by atoms with van der Waals surface area (Å²) in [5.41, 5.74) is 0.343. The number of aromatic nitrogens is 1. The van der Waals surface area contributed by atoms with Crippen LogP contribution >= 0.6 is 0 Å². The normalized spacial score (nSPS) is 20.1. The lowest BCUT2D eigenvalue weighted by Gasteiger charge is -2.32. The largest absolute Gasteiger partial charge is 0.496 e. The minimum absolute atomic E-state index is 0.310. The quantitative estimate of drug-likeness (QED) is 0.663. The average molecular weight is 276 g/mol. The zero-order valence-electron chi connectivity index (χ0n) is 13.2. The maximum Gasteiger partial charge on any atom is 0.496 e. The molecule has 0 amide bonds. The Labute approximate surface area is 122 Å². The first-order chi connectivity index (χ1) is 9.36. The Hall–Kier alpha value is -1.07. The fraction of sp³-hybridized carbons (Fsp3) is 0.667. The fourth-order valence-electron chi connectivity index (χ4n) is 2.02. The van der Waals surface area contributed by atoms with Crippen LogP contribution < -0.4 is 10.8 Å². The predicted molar refractivity (Wildman–Crippen MR) is 83.4 cm³/mol. The van der Waals surface area contributed by atoms with Gasteiger partial charge in [0.1, 0.15) is 5.82 Å². The van der Waals surface area contributed by atoms with E-state index in [9.17, 15) is 0 Å². The summed E-state index contributed by atoms with van der Waals surface area (Å²) in [6.45, 7) is 11.4. The third-order valence-electron chi connectivity index (χ3n) is 4.15. The molecule has 0 aliphatic carbocycles. The van der Waals surface area contributed by atoms with Crippen LogP contribution in [0.4, 0.5) is 5.82 Å². The van der Waals surface area contributed by atoms with Crippen LogP contribution in [0.15, 0.2) is 18.3 Å². The van der Waals surface area contributed by atoms with Crippen molar-refractivity contribution in [1.82, 2.24) is 4.98 Å². The van der Waals surface area contributed by atoms with E-state index in [1.807, 2.05) is 18.3 Å². The van der Waals surface area contributed by atoms with E-state index in [-0.39, 0.29) is 18.3 Å². The number of unbranched alkanes of at least 4 members (excludes halogenated alkanes) is 1. The molecular weight excluding hydrogens is 251 g/mol. The van der Waals surface area contributed by atoms with Crippen molar-refractivity contribution < 1.29 is 9.31 Å². The van der Waals surface area contributed by atoms with Gasteiger partial charge in [0, 0.05) is 18.2 Å². The number of nitrogens with one attached hydrogen (secondary N) is 1. The van der Waals surface area contributed by atoms with Crippen molar-refractivity contribution in [3.8, 4) is 0 Å². The molecule has 4 nitrogen and oxygen atoms in total. The van der Waals surface area contributed by atoms with Crippen LogP contribution in [-0.2, 0) is 9.31 Å². The van der Waals surface area contributed by atoms with E-state index in [0.29, 0.717) is 0 Å². The SMILES string of the molecule is CCCCNc1ccc(B2OC(C)(C)C(C)(C)O2)cn1. The van der Waals surface area contributed by atoms with Crippen LogP contribution in [0.2, 0.25) is 0 Å². The molecule has 0 bridgehead atoms. The topological polar surface area (TPSA) is 43.4 Å². The van der Waals surface area contributed by atoms with Gasteiger partial charge in [0.25, 0.3) is 0 Å². The maximum atomic E-state index is 6.01. The predicted octanol–water partition coefficient (Wildman–Crippen LogP) is 2.59. The van der Waals surface area contributed by atoms with Crippen LogP contribution in [0.1, 0.15) is 47.5 Å². The summed E-state index contributed by atoms with van der Waals surface area (Å²) in [5, 5.41) is 3.30. The third kappa shape index (κ3) is 3.15. The van der Waals surface area contributed by atoms with Crippen LogP contribution in [0.25, 0.3) is 0 Å². The Morgan fingerprint density at radius 1 is 1.15 bits per heavy atom. The number of nitrogens with zero attached hydrogens (tertiary/aromatic N) is 1. The molecule has 0 spiro atoms. The maximum absolute atomic E-state index is 6.01. The number of anilines is 1. The molecule has 0 atom stereocenters. The average Bonchev–Trinajstić information content (AvgIpc) is 2.60. The highest BCUT2D eigenvalue weighted by Crippen LogP contribution is 2.36. The van der Waals surface area contributed by atoms with Gasteiger partial charge in [-0.3, -0.25) is 0 Å². The van der Waals surface area contributed by atoms with E-state index in [4.69, 9.17) is 9.31 Å². The number of pyridine rings is 1. The van der Waals surface area contributed by atoms with Gasteiger partial charge in [-0.15, -0.1) is 0 Å². The van der Waals surface area contributed by atoms with Gasteiger partial charge in [-0.2, -0.15) is 0 Å². The van der Waals surface area contributed by atoms with Crippen LogP contribution in [-0.4, -0.2) is 29.8 Å². The molecule has 1 aromatic rings. The summed E-state index contributed by atoms with van der Waals surface area (Å²) in [5.74, 6) is 0.902. The highest BCUT2D eigenvalue weighted by molar-refractivity contribution is 6.62. The smallest absolute Gasteiger partial charge is 0.399 e. The first-order valence-electron chi connectivity index (χ1n) is 7.41. The van der Waals surface area contributed by atoms with Gasteiger partial charge < -0.3 is 14.6 Å². The Balaban J connectivity index is 2.01. The molecule has 5 heteroatoms. The standard InChI is InChI=1S/C15H25BN2O2/c1-6-7-10-17-13-9-8-12(11-18-13)16-19-14(2,3)15(4,5)20-16/h8-9,11H,6-7,10H2,1-5H3,(H,17,18). The molecule has 0 unspecified atom stereocenters. The minimum atomic E-state index is -0.336. The van der Waals surface area contributed by atoms with Crippen molar-refractivity contribution in [3.05, 3.63) is 18.3 Å².